The highest BCUT2D eigenvalue weighted by Crippen LogP contribution is 2.34. The molecule has 0 heterocycles. The van der Waals surface area contributed by atoms with Crippen molar-refractivity contribution in [1.82, 2.24) is 0 Å². The number of hydrogen-bond donors (Lipinski definition) is 0. The van der Waals surface area contributed by atoms with E-state index >= 15 is 0 Å². The minimum absolute atomic E-state index is 0.0141. The lowest BCUT2D eigenvalue weighted by Gasteiger charge is -2.36. The van der Waals surface area contributed by atoms with E-state index < -0.39 is 0 Å². The van der Waals surface area contributed by atoms with Crippen molar-refractivity contribution < 1.29 is 4.74 Å². The van der Waals surface area contributed by atoms with E-state index in [-0.39, 0.29) is 5.60 Å². The first-order chi connectivity index (χ1) is 6.18. The monoisotopic (exact) mass is 264 g/mol. The summed E-state index contributed by atoms with van der Waals surface area (Å²) in [4.78, 5) is 0. The molecule has 0 radical (unpaired) electrons. The Labute approximate surface area is 97.7 Å². The first-order valence-electron chi connectivity index (χ1n) is 5.42. The molecule has 0 unspecified atom stereocenters. The molecule has 0 aliphatic rings. The molecule has 14 heavy (non-hydrogen) atoms. The molecule has 2 heteroatoms. The summed E-state index contributed by atoms with van der Waals surface area (Å²) in [5, 5.41) is 1.07. The molecule has 0 saturated carbocycles. The van der Waals surface area contributed by atoms with Crippen molar-refractivity contribution in [3.63, 3.8) is 0 Å². The Balaban J connectivity index is 4.19. The molecule has 0 atom stereocenters. The number of alkyl halides is 1. The summed E-state index contributed by atoms with van der Waals surface area (Å²) in [7, 11) is 0. The highest BCUT2D eigenvalue weighted by molar-refractivity contribution is 9.09. The zero-order valence-corrected chi connectivity index (χ0v) is 12.1. The van der Waals surface area contributed by atoms with Crippen LogP contribution in [0.25, 0.3) is 0 Å². The van der Waals surface area contributed by atoms with Crippen molar-refractivity contribution in [2.24, 2.45) is 5.41 Å². The van der Waals surface area contributed by atoms with Crippen LogP contribution < -0.4 is 0 Å². The smallest absolute Gasteiger partial charge is 0.0635 e. The second-order valence-corrected chi connectivity index (χ2v) is 6.50. The lowest BCUT2D eigenvalue weighted by atomic mass is 9.79. The molecule has 0 aromatic carbocycles. The van der Waals surface area contributed by atoms with Crippen LogP contribution in [0.15, 0.2) is 0 Å². The van der Waals surface area contributed by atoms with Gasteiger partial charge in [-0.3, -0.25) is 0 Å². The lowest BCUT2D eigenvalue weighted by Crippen LogP contribution is -2.34. The third-order valence-electron chi connectivity index (χ3n) is 2.23. The predicted octanol–water partition coefficient (Wildman–Crippen LogP) is 4.39. The minimum Gasteiger partial charge on any atom is -0.373 e. The van der Waals surface area contributed by atoms with E-state index in [1.807, 2.05) is 0 Å². The van der Waals surface area contributed by atoms with E-state index in [1.54, 1.807) is 0 Å². The SMILES string of the molecule is CC(C)OC(C)(C)CC(C)(C)CCBr. The summed E-state index contributed by atoms with van der Waals surface area (Å²) in [6, 6.07) is 0. The van der Waals surface area contributed by atoms with Gasteiger partial charge >= 0.3 is 0 Å². The second kappa shape index (κ2) is 5.50. The number of hydrogen-bond acceptors (Lipinski definition) is 1. The molecule has 0 spiro atoms. The Kier molecular flexibility index (Phi) is 5.68. The predicted molar refractivity (Wildman–Crippen MR) is 67.1 cm³/mol. The van der Waals surface area contributed by atoms with Gasteiger partial charge in [0.1, 0.15) is 0 Å². The van der Waals surface area contributed by atoms with Crippen LogP contribution in [0, 0.1) is 5.41 Å². The lowest BCUT2D eigenvalue weighted by molar-refractivity contribution is -0.0785. The van der Waals surface area contributed by atoms with Crippen LogP contribution in [0.5, 0.6) is 0 Å². The summed E-state index contributed by atoms with van der Waals surface area (Å²) in [6.45, 7) is 13.2. The van der Waals surface area contributed by atoms with E-state index in [0.717, 1.165) is 11.8 Å². The van der Waals surface area contributed by atoms with Gasteiger partial charge in [0.05, 0.1) is 11.7 Å². The van der Waals surface area contributed by atoms with Crippen molar-refractivity contribution in [3.8, 4) is 0 Å². The van der Waals surface area contributed by atoms with E-state index in [0.29, 0.717) is 11.5 Å². The molecule has 0 N–H and O–H groups in total. The van der Waals surface area contributed by atoms with Crippen molar-refractivity contribution >= 4 is 15.9 Å². The Morgan fingerprint density at radius 1 is 1.14 bits per heavy atom. The van der Waals surface area contributed by atoms with Crippen molar-refractivity contribution in [1.29, 1.82) is 0 Å². The number of ether oxygens (including phenoxy) is 1. The fourth-order valence-electron chi connectivity index (χ4n) is 2.18. The molecule has 0 aliphatic carbocycles. The van der Waals surface area contributed by atoms with Crippen LogP contribution in [0.1, 0.15) is 54.4 Å². The molecular weight excluding hydrogens is 240 g/mol. The van der Waals surface area contributed by atoms with Gasteiger partial charge in [-0.2, -0.15) is 0 Å². The van der Waals surface area contributed by atoms with Crippen molar-refractivity contribution in [2.75, 3.05) is 5.33 Å². The molecule has 0 aromatic rings. The van der Waals surface area contributed by atoms with Crippen LogP contribution in [-0.4, -0.2) is 17.0 Å². The van der Waals surface area contributed by atoms with Gasteiger partial charge < -0.3 is 4.74 Å². The van der Waals surface area contributed by atoms with E-state index in [9.17, 15) is 0 Å². The van der Waals surface area contributed by atoms with E-state index in [2.05, 4.69) is 57.5 Å². The highest BCUT2D eigenvalue weighted by Gasteiger charge is 2.29. The molecule has 0 aromatic heterocycles. The van der Waals surface area contributed by atoms with Gasteiger partial charge in [0.25, 0.3) is 0 Å². The average molecular weight is 265 g/mol. The van der Waals surface area contributed by atoms with Crippen LogP contribution >= 0.6 is 15.9 Å². The first kappa shape index (κ1) is 14.4. The quantitative estimate of drug-likeness (QED) is 0.647. The fourth-order valence-corrected chi connectivity index (χ4v) is 3.25. The molecule has 0 saturated heterocycles. The number of halogens is 1. The maximum Gasteiger partial charge on any atom is 0.0635 e. The van der Waals surface area contributed by atoms with Crippen molar-refractivity contribution in [2.45, 2.75) is 66.1 Å². The van der Waals surface area contributed by atoms with Crippen LogP contribution in [0.4, 0.5) is 0 Å². The average Bonchev–Trinajstić information content (AvgIpc) is 1.78. The zero-order chi connectivity index (χ0) is 11.4. The molecule has 0 rings (SSSR count). The highest BCUT2D eigenvalue weighted by atomic mass is 79.9. The Bertz CT molecular complexity index is 162. The largest absolute Gasteiger partial charge is 0.373 e. The van der Waals surface area contributed by atoms with Crippen LogP contribution in [-0.2, 0) is 4.74 Å². The number of rotatable bonds is 6. The second-order valence-electron chi connectivity index (χ2n) is 5.71. The standard InChI is InChI=1S/C12H25BrO/c1-10(2)14-12(5,6)9-11(3,4)7-8-13/h10H,7-9H2,1-6H3. The van der Waals surface area contributed by atoms with Crippen LogP contribution in [0.2, 0.25) is 0 Å². The van der Waals surface area contributed by atoms with Gasteiger partial charge in [-0.1, -0.05) is 29.8 Å². The fraction of sp³-hybridized carbons (Fsp3) is 1.00. The third-order valence-corrected chi connectivity index (χ3v) is 2.63. The van der Waals surface area contributed by atoms with Gasteiger partial charge in [0.2, 0.25) is 0 Å². The summed E-state index contributed by atoms with van der Waals surface area (Å²) >= 11 is 3.50. The Hall–Kier alpha value is 0.440. The summed E-state index contributed by atoms with van der Waals surface area (Å²) < 4.78 is 5.90. The summed E-state index contributed by atoms with van der Waals surface area (Å²) in [5.74, 6) is 0. The normalized spacial score (nSPS) is 13.7. The molecule has 0 bridgehead atoms. The molecule has 86 valence electrons. The van der Waals surface area contributed by atoms with Gasteiger partial charge in [-0.05, 0) is 46.0 Å². The van der Waals surface area contributed by atoms with Crippen molar-refractivity contribution in [3.05, 3.63) is 0 Å². The molecule has 0 amide bonds. The third kappa shape index (κ3) is 6.83. The minimum atomic E-state index is -0.0141. The first-order valence-corrected chi connectivity index (χ1v) is 6.54. The maximum atomic E-state index is 5.90. The maximum absolute atomic E-state index is 5.90. The van der Waals surface area contributed by atoms with E-state index in [4.69, 9.17) is 4.74 Å². The summed E-state index contributed by atoms with van der Waals surface area (Å²) in [5.41, 5.74) is 0.335. The molecule has 0 fully saturated rings. The van der Waals surface area contributed by atoms with E-state index in [1.165, 1.54) is 6.42 Å². The van der Waals surface area contributed by atoms with Crippen LogP contribution in [0.3, 0.4) is 0 Å². The molecular formula is C12H25BrO. The van der Waals surface area contributed by atoms with Gasteiger partial charge in [-0.15, -0.1) is 0 Å². The van der Waals surface area contributed by atoms with Gasteiger partial charge in [-0.25, -0.2) is 0 Å². The van der Waals surface area contributed by atoms with Gasteiger partial charge in [0.15, 0.2) is 0 Å². The zero-order valence-electron chi connectivity index (χ0n) is 10.5. The molecule has 0 aliphatic heterocycles. The Morgan fingerprint density at radius 3 is 2.00 bits per heavy atom. The molecule has 1 nitrogen and oxygen atoms in total. The topological polar surface area (TPSA) is 9.23 Å². The Morgan fingerprint density at radius 2 is 1.64 bits per heavy atom. The van der Waals surface area contributed by atoms with Gasteiger partial charge in [0, 0.05) is 5.33 Å². The summed E-state index contributed by atoms with van der Waals surface area (Å²) in [6.07, 6.45) is 2.60.